The average molecular weight is 429 g/mol. The molecule has 0 aliphatic carbocycles. The lowest BCUT2D eigenvalue weighted by molar-refractivity contribution is -0.116. The molecule has 0 spiro atoms. The largest absolute Gasteiger partial charge is 0.302 e. The Morgan fingerprint density at radius 3 is 2.38 bits per heavy atom. The number of thiazole rings is 1. The van der Waals surface area contributed by atoms with E-state index in [2.05, 4.69) is 43.2 Å². The molecule has 3 rings (SSSR count). The number of hydrogen-bond acceptors (Lipinski definition) is 5. The first-order chi connectivity index (χ1) is 13.8. The van der Waals surface area contributed by atoms with Gasteiger partial charge in [-0.3, -0.25) is 4.79 Å². The minimum Gasteiger partial charge on any atom is -0.302 e. The van der Waals surface area contributed by atoms with Gasteiger partial charge < -0.3 is 5.32 Å². The predicted octanol–water partition coefficient (Wildman–Crippen LogP) is 4.93. The van der Waals surface area contributed by atoms with Gasteiger partial charge in [-0.1, -0.05) is 35.9 Å². The molecule has 0 atom stereocenters. The number of sulfone groups is 1. The first-order valence-electron chi connectivity index (χ1n) is 9.37. The molecule has 0 fully saturated rings. The van der Waals surface area contributed by atoms with Crippen LogP contribution in [0.2, 0.25) is 0 Å². The molecule has 29 heavy (non-hydrogen) atoms. The van der Waals surface area contributed by atoms with Gasteiger partial charge in [0.1, 0.15) is 0 Å². The van der Waals surface area contributed by atoms with E-state index in [4.69, 9.17) is 0 Å². The molecule has 1 heterocycles. The lowest BCUT2D eigenvalue weighted by Crippen LogP contribution is -2.14. The van der Waals surface area contributed by atoms with E-state index in [0.717, 1.165) is 22.4 Å². The van der Waals surface area contributed by atoms with Crippen molar-refractivity contribution in [2.45, 2.75) is 38.5 Å². The summed E-state index contributed by atoms with van der Waals surface area (Å²) in [6.07, 6.45) is 0.390. The Morgan fingerprint density at radius 1 is 1.07 bits per heavy atom. The van der Waals surface area contributed by atoms with Gasteiger partial charge in [-0.2, -0.15) is 0 Å². The molecule has 0 aliphatic rings. The Balaban J connectivity index is 1.59. The Morgan fingerprint density at radius 2 is 1.72 bits per heavy atom. The van der Waals surface area contributed by atoms with Crippen molar-refractivity contribution < 1.29 is 13.2 Å². The van der Waals surface area contributed by atoms with E-state index in [1.54, 1.807) is 30.3 Å². The third-order valence-electron chi connectivity index (χ3n) is 4.60. The highest BCUT2D eigenvalue weighted by molar-refractivity contribution is 7.91. The van der Waals surface area contributed by atoms with E-state index in [1.807, 2.05) is 5.38 Å². The Bertz CT molecular complexity index is 1100. The molecule has 5 nitrogen and oxygen atoms in total. The van der Waals surface area contributed by atoms with Crippen molar-refractivity contribution in [3.05, 3.63) is 64.5 Å². The zero-order chi connectivity index (χ0) is 21.0. The summed E-state index contributed by atoms with van der Waals surface area (Å²) < 4.78 is 24.6. The molecule has 0 bridgehead atoms. The van der Waals surface area contributed by atoms with Crippen LogP contribution in [0.3, 0.4) is 0 Å². The van der Waals surface area contributed by atoms with Crippen LogP contribution in [-0.4, -0.2) is 25.1 Å². The minimum absolute atomic E-state index is 0.0602. The smallest absolute Gasteiger partial charge is 0.226 e. The van der Waals surface area contributed by atoms with Gasteiger partial charge in [-0.15, -0.1) is 11.3 Å². The van der Waals surface area contributed by atoms with Gasteiger partial charge in [0.15, 0.2) is 15.0 Å². The van der Waals surface area contributed by atoms with E-state index in [1.165, 1.54) is 16.9 Å². The predicted molar refractivity (Wildman–Crippen MR) is 118 cm³/mol. The summed E-state index contributed by atoms with van der Waals surface area (Å²) in [6.45, 7) is 6.18. The number of amides is 1. The summed E-state index contributed by atoms with van der Waals surface area (Å²) in [5.74, 6) is -0.290. The van der Waals surface area contributed by atoms with Crippen molar-refractivity contribution in [2.24, 2.45) is 0 Å². The molecule has 0 saturated carbocycles. The molecule has 1 aromatic heterocycles. The number of nitrogens with zero attached hydrogens (tertiary/aromatic N) is 1. The van der Waals surface area contributed by atoms with Gasteiger partial charge >= 0.3 is 0 Å². The molecule has 0 radical (unpaired) electrons. The van der Waals surface area contributed by atoms with Crippen molar-refractivity contribution >= 4 is 32.2 Å². The van der Waals surface area contributed by atoms with Crippen molar-refractivity contribution in [2.75, 3.05) is 11.1 Å². The van der Waals surface area contributed by atoms with Gasteiger partial charge in [-0.25, -0.2) is 13.4 Å². The van der Waals surface area contributed by atoms with Crippen molar-refractivity contribution in [1.82, 2.24) is 4.98 Å². The number of aryl methyl sites for hydroxylation is 3. The molecule has 2 aromatic carbocycles. The molecular formula is C22H24N2O3S2. The summed E-state index contributed by atoms with van der Waals surface area (Å²) in [5.41, 5.74) is 5.43. The number of rotatable bonds is 7. The fourth-order valence-electron chi connectivity index (χ4n) is 3.38. The maximum absolute atomic E-state index is 12.3. The van der Waals surface area contributed by atoms with Crippen LogP contribution in [0.1, 0.15) is 29.5 Å². The third kappa shape index (κ3) is 5.31. The maximum atomic E-state index is 12.3. The van der Waals surface area contributed by atoms with Gasteiger partial charge in [0.05, 0.1) is 16.3 Å². The molecule has 1 N–H and O–H groups in total. The highest BCUT2D eigenvalue weighted by atomic mass is 32.2. The Labute approximate surface area is 175 Å². The van der Waals surface area contributed by atoms with Crippen LogP contribution >= 0.6 is 11.3 Å². The van der Waals surface area contributed by atoms with Crippen LogP contribution in [0.4, 0.5) is 5.13 Å². The molecule has 7 heteroatoms. The number of anilines is 1. The van der Waals surface area contributed by atoms with Crippen molar-refractivity contribution in [3.63, 3.8) is 0 Å². The SMILES string of the molecule is Cc1cc(C)c(-c2csc(NC(=O)CCCS(=O)(=O)c3ccccc3)n2)c(C)c1. The summed E-state index contributed by atoms with van der Waals surface area (Å²) in [7, 11) is -3.37. The van der Waals surface area contributed by atoms with Crippen LogP contribution in [0.25, 0.3) is 11.3 Å². The fourth-order valence-corrected chi connectivity index (χ4v) is 5.43. The van der Waals surface area contributed by atoms with Gasteiger partial charge in [0.2, 0.25) is 5.91 Å². The molecule has 152 valence electrons. The van der Waals surface area contributed by atoms with Crippen LogP contribution < -0.4 is 5.32 Å². The lowest BCUT2D eigenvalue weighted by Gasteiger charge is -2.08. The number of benzene rings is 2. The lowest BCUT2D eigenvalue weighted by atomic mass is 9.98. The van der Waals surface area contributed by atoms with Crippen molar-refractivity contribution in [1.29, 1.82) is 0 Å². The first-order valence-corrected chi connectivity index (χ1v) is 11.9. The highest BCUT2D eigenvalue weighted by Crippen LogP contribution is 2.31. The maximum Gasteiger partial charge on any atom is 0.226 e. The number of hydrogen-bond donors (Lipinski definition) is 1. The minimum atomic E-state index is -3.37. The summed E-state index contributed by atoms with van der Waals surface area (Å²) >= 11 is 1.37. The molecular weight excluding hydrogens is 404 g/mol. The monoisotopic (exact) mass is 428 g/mol. The molecule has 0 unspecified atom stereocenters. The van der Waals surface area contributed by atoms with Gasteiger partial charge in [0.25, 0.3) is 0 Å². The number of carbonyl (C=O) groups is 1. The quantitative estimate of drug-likeness (QED) is 0.579. The number of aromatic nitrogens is 1. The van der Waals surface area contributed by atoms with E-state index < -0.39 is 9.84 Å². The van der Waals surface area contributed by atoms with E-state index >= 15 is 0 Å². The Hall–Kier alpha value is -2.51. The second-order valence-electron chi connectivity index (χ2n) is 7.10. The topological polar surface area (TPSA) is 76.1 Å². The van der Waals surface area contributed by atoms with E-state index in [-0.39, 0.29) is 29.4 Å². The summed E-state index contributed by atoms with van der Waals surface area (Å²) in [6, 6.07) is 12.5. The third-order valence-corrected chi connectivity index (χ3v) is 7.18. The van der Waals surface area contributed by atoms with Crippen molar-refractivity contribution in [3.8, 4) is 11.3 Å². The van der Waals surface area contributed by atoms with E-state index in [9.17, 15) is 13.2 Å². The van der Waals surface area contributed by atoms with Gasteiger partial charge in [-0.05, 0) is 50.5 Å². The summed E-state index contributed by atoms with van der Waals surface area (Å²) in [4.78, 5) is 17.1. The number of nitrogens with one attached hydrogen (secondary N) is 1. The normalized spacial score (nSPS) is 11.4. The van der Waals surface area contributed by atoms with Crippen LogP contribution in [0.15, 0.2) is 52.7 Å². The van der Waals surface area contributed by atoms with E-state index in [0.29, 0.717) is 5.13 Å². The molecule has 3 aromatic rings. The van der Waals surface area contributed by atoms with Crippen LogP contribution in [-0.2, 0) is 14.6 Å². The average Bonchev–Trinajstić information content (AvgIpc) is 3.09. The zero-order valence-electron chi connectivity index (χ0n) is 16.7. The standard InChI is InChI=1S/C22H24N2O3S2/c1-15-12-16(2)21(17(3)13-15)19-14-28-22(23-19)24-20(25)10-7-11-29(26,27)18-8-5-4-6-9-18/h4-6,8-9,12-14H,7,10-11H2,1-3H3,(H,23,24,25). The molecule has 0 aliphatic heterocycles. The zero-order valence-corrected chi connectivity index (χ0v) is 18.4. The highest BCUT2D eigenvalue weighted by Gasteiger charge is 2.16. The van der Waals surface area contributed by atoms with Gasteiger partial charge in [0, 0.05) is 17.4 Å². The second kappa shape index (κ2) is 8.88. The number of carbonyl (C=O) groups excluding carboxylic acids is 1. The van der Waals surface area contributed by atoms with Crippen LogP contribution in [0.5, 0.6) is 0 Å². The fraction of sp³-hybridized carbons (Fsp3) is 0.273. The van der Waals surface area contributed by atoms with Crippen LogP contribution in [0, 0.1) is 20.8 Å². The molecule has 0 saturated heterocycles. The molecule has 1 amide bonds. The first kappa shape index (κ1) is 21.2. The Kier molecular flexibility index (Phi) is 6.49. The second-order valence-corrected chi connectivity index (χ2v) is 10.1. The summed E-state index contributed by atoms with van der Waals surface area (Å²) in [5, 5.41) is 5.24.